The van der Waals surface area contributed by atoms with Crippen LogP contribution in [0.15, 0.2) is 29.4 Å². The largest absolute Gasteiger partial charge is 0.494 e. The molecule has 92 valence electrons. The van der Waals surface area contributed by atoms with Crippen molar-refractivity contribution < 1.29 is 9.84 Å². The minimum Gasteiger partial charge on any atom is -0.494 e. The van der Waals surface area contributed by atoms with E-state index in [2.05, 4.69) is 17.1 Å². The first-order valence-electron chi connectivity index (χ1n) is 5.62. The van der Waals surface area contributed by atoms with Crippen LogP contribution in [0.4, 0.5) is 0 Å². The maximum Gasteiger partial charge on any atom is 0.256 e. The highest BCUT2D eigenvalue weighted by Gasteiger charge is 1.95. The normalized spacial score (nSPS) is 10.4. The molecule has 5 nitrogen and oxygen atoms in total. The number of benzene rings is 1. The molecular formula is C12H19N4O+. The fraction of sp³-hybridized carbons (Fsp3) is 0.333. The molecule has 17 heavy (non-hydrogen) atoms. The molecule has 0 radical (unpaired) electrons. The number of hydrazone groups is 1. The summed E-state index contributed by atoms with van der Waals surface area (Å²) < 4.78 is 5.54. The number of hydrogen-bond acceptors (Lipinski definition) is 2. The number of ether oxygens (including phenoxy) is 1. The summed E-state index contributed by atoms with van der Waals surface area (Å²) in [6.45, 7) is 2.89. The molecule has 0 spiro atoms. The van der Waals surface area contributed by atoms with Gasteiger partial charge < -0.3 is 16.2 Å². The van der Waals surface area contributed by atoms with Crippen molar-refractivity contribution in [3.05, 3.63) is 29.8 Å². The smallest absolute Gasteiger partial charge is 0.256 e. The molecule has 0 unspecified atom stereocenters. The standard InChI is InChI=1S/C12H18N4O/c1-2-3-8-17-11-6-4-10(5-7-11)9-15-16-12(13)14/h4-7,9H,2-3,8H2,1H3,(H4,13,14,16)/p+1/b15-9+. The summed E-state index contributed by atoms with van der Waals surface area (Å²) >= 11 is 0. The lowest BCUT2D eigenvalue weighted by Gasteiger charge is -2.04. The number of guanidine groups is 1. The number of nitrogens with two attached hydrogens (primary N) is 2. The van der Waals surface area contributed by atoms with E-state index in [-0.39, 0.29) is 5.96 Å². The zero-order chi connectivity index (χ0) is 12.5. The Morgan fingerprint density at radius 3 is 2.65 bits per heavy atom. The van der Waals surface area contributed by atoms with E-state index >= 15 is 0 Å². The molecule has 0 aliphatic heterocycles. The minimum atomic E-state index is 0.000712. The highest BCUT2D eigenvalue weighted by molar-refractivity contribution is 5.77. The average molecular weight is 235 g/mol. The van der Waals surface area contributed by atoms with Crippen molar-refractivity contribution in [2.75, 3.05) is 6.61 Å². The maximum absolute atomic E-state index is 5.54. The molecular weight excluding hydrogens is 216 g/mol. The Morgan fingerprint density at radius 2 is 2.06 bits per heavy atom. The monoisotopic (exact) mass is 235 g/mol. The van der Waals surface area contributed by atoms with E-state index < -0.39 is 0 Å². The van der Waals surface area contributed by atoms with Crippen LogP contribution in [-0.4, -0.2) is 18.8 Å². The fourth-order valence-corrected chi connectivity index (χ4v) is 1.18. The molecule has 0 bridgehead atoms. The van der Waals surface area contributed by atoms with Gasteiger partial charge in [0.15, 0.2) is 0 Å². The van der Waals surface area contributed by atoms with Crippen LogP contribution in [0.5, 0.6) is 5.75 Å². The molecule has 1 aromatic rings. The van der Waals surface area contributed by atoms with Crippen LogP contribution in [0.3, 0.4) is 0 Å². The third-order valence-electron chi connectivity index (χ3n) is 2.07. The van der Waals surface area contributed by atoms with Gasteiger partial charge in [-0.3, -0.25) is 0 Å². The average Bonchev–Trinajstić information content (AvgIpc) is 2.31. The first-order valence-corrected chi connectivity index (χ1v) is 5.62. The van der Waals surface area contributed by atoms with Gasteiger partial charge in [-0.2, -0.15) is 0 Å². The van der Waals surface area contributed by atoms with E-state index in [4.69, 9.17) is 16.2 Å². The summed E-state index contributed by atoms with van der Waals surface area (Å²) in [5.41, 5.74) is 11.3. The molecule has 0 saturated heterocycles. The Labute approximate surface area is 101 Å². The Kier molecular flexibility index (Phi) is 5.57. The third-order valence-corrected chi connectivity index (χ3v) is 2.07. The van der Waals surface area contributed by atoms with Gasteiger partial charge in [-0.25, -0.2) is 0 Å². The molecule has 1 rings (SSSR count). The number of rotatable bonds is 6. The lowest BCUT2D eigenvalue weighted by atomic mass is 10.2. The Balaban J connectivity index is 2.50. The van der Waals surface area contributed by atoms with Crippen molar-refractivity contribution in [3.63, 3.8) is 0 Å². The van der Waals surface area contributed by atoms with Gasteiger partial charge in [0.25, 0.3) is 5.96 Å². The quantitative estimate of drug-likeness (QED) is 0.270. The van der Waals surface area contributed by atoms with Gasteiger partial charge in [0.1, 0.15) is 5.75 Å². The second kappa shape index (κ2) is 7.27. The topological polar surface area (TPSA) is 87.6 Å². The number of nitrogens with zero attached hydrogens (tertiary/aromatic N) is 1. The molecule has 1 aromatic carbocycles. The van der Waals surface area contributed by atoms with Gasteiger partial charge in [-0.1, -0.05) is 13.3 Å². The predicted molar refractivity (Wildman–Crippen MR) is 68.8 cm³/mol. The molecule has 0 aliphatic carbocycles. The summed E-state index contributed by atoms with van der Waals surface area (Å²) in [6.07, 6.45) is 3.91. The summed E-state index contributed by atoms with van der Waals surface area (Å²) in [5, 5.41) is 6.28. The highest BCUT2D eigenvalue weighted by atomic mass is 16.5. The molecule has 0 aliphatic rings. The molecule has 0 amide bonds. The second-order valence-electron chi connectivity index (χ2n) is 3.58. The molecule has 0 fully saturated rings. The number of nitrogens with one attached hydrogen (secondary N) is 1. The summed E-state index contributed by atoms with van der Waals surface area (Å²) in [6, 6.07) is 7.68. The van der Waals surface area contributed by atoms with Crippen molar-refractivity contribution >= 4 is 12.2 Å². The molecule has 0 atom stereocenters. The van der Waals surface area contributed by atoms with Crippen LogP contribution in [0.1, 0.15) is 25.3 Å². The Hall–Kier alpha value is -2.04. The summed E-state index contributed by atoms with van der Waals surface area (Å²) in [7, 11) is 0. The maximum atomic E-state index is 5.54. The zero-order valence-corrected chi connectivity index (χ0v) is 10.0. The number of hydrogen-bond donors (Lipinski definition) is 3. The van der Waals surface area contributed by atoms with Gasteiger partial charge >= 0.3 is 0 Å². The highest BCUT2D eigenvalue weighted by Crippen LogP contribution is 2.11. The van der Waals surface area contributed by atoms with E-state index in [9.17, 15) is 0 Å². The van der Waals surface area contributed by atoms with Crippen LogP contribution in [-0.2, 0) is 0 Å². The van der Waals surface area contributed by atoms with Crippen molar-refractivity contribution in [2.24, 2.45) is 16.6 Å². The van der Waals surface area contributed by atoms with Crippen LogP contribution in [0, 0.1) is 0 Å². The Morgan fingerprint density at radius 1 is 1.35 bits per heavy atom. The molecule has 0 aromatic heterocycles. The molecule has 0 heterocycles. The van der Waals surface area contributed by atoms with Crippen LogP contribution in [0.25, 0.3) is 0 Å². The van der Waals surface area contributed by atoms with E-state index in [1.165, 1.54) is 0 Å². The SMILES string of the molecule is CCCCOc1ccc(/C=[NH+]/N=C(N)N)cc1. The van der Waals surface area contributed by atoms with Gasteiger partial charge in [0.2, 0.25) is 6.21 Å². The van der Waals surface area contributed by atoms with Crippen molar-refractivity contribution in [2.45, 2.75) is 19.8 Å². The van der Waals surface area contributed by atoms with E-state index in [1.54, 1.807) is 6.21 Å². The summed E-state index contributed by atoms with van der Waals surface area (Å²) in [5.74, 6) is 0.873. The fourth-order valence-electron chi connectivity index (χ4n) is 1.18. The first kappa shape index (κ1) is 13.0. The lowest BCUT2D eigenvalue weighted by Crippen LogP contribution is -2.63. The van der Waals surface area contributed by atoms with Gasteiger partial charge in [-0.15, -0.1) is 5.10 Å². The van der Waals surface area contributed by atoms with E-state index in [0.29, 0.717) is 0 Å². The number of unbranched alkanes of at least 4 members (excludes halogenated alkanes) is 1. The van der Waals surface area contributed by atoms with Gasteiger partial charge in [0, 0.05) is 10.7 Å². The Bertz CT molecular complexity index is 380. The van der Waals surface area contributed by atoms with Crippen LogP contribution < -0.4 is 21.3 Å². The zero-order valence-electron chi connectivity index (χ0n) is 10.0. The first-order chi connectivity index (χ1) is 8.22. The third kappa shape index (κ3) is 5.55. The molecule has 0 saturated carbocycles. The second-order valence-corrected chi connectivity index (χ2v) is 3.58. The van der Waals surface area contributed by atoms with Crippen LogP contribution in [0.2, 0.25) is 0 Å². The van der Waals surface area contributed by atoms with Crippen molar-refractivity contribution in [3.8, 4) is 5.75 Å². The van der Waals surface area contributed by atoms with Gasteiger partial charge in [0.05, 0.1) is 6.61 Å². The van der Waals surface area contributed by atoms with Crippen molar-refractivity contribution in [1.29, 1.82) is 0 Å². The van der Waals surface area contributed by atoms with Crippen LogP contribution >= 0.6 is 0 Å². The molecule has 5 heteroatoms. The minimum absolute atomic E-state index is 0.000712. The van der Waals surface area contributed by atoms with E-state index in [0.717, 1.165) is 30.8 Å². The van der Waals surface area contributed by atoms with Gasteiger partial charge in [-0.05, 0) is 30.7 Å². The van der Waals surface area contributed by atoms with E-state index in [1.807, 2.05) is 24.3 Å². The predicted octanol–water partition coefficient (Wildman–Crippen LogP) is -0.447. The molecule has 5 N–H and O–H groups in total. The summed E-state index contributed by atoms with van der Waals surface area (Å²) in [4.78, 5) is 0. The van der Waals surface area contributed by atoms with Crippen molar-refractivity contribution in [1.82, 2.24) is 0 Å². The lowest BCUT2D eigenvalue weighted by molar-refractivity contribution is -0.456.